The van der Waals surface area contributed by atoms with Gasteiger partial charge in [-0.15, -0.1) is 0 Å². The number of benzene rings is 1. The van der Waals surface area contributed by atoms with Crippen LogP contribution in [0.25, 0.3) is 0 Å². The van der Waals surface area contributed by atoms with Crippen molar-refractivity contribution in [2.45, 2.75) is 18.6 Å². The van der Waals surface area contributed by atoms with Gasteiger partial charge in [-0.25, -0.2) is 19.7 Å². The molecule has 7 nitrogen and oxygen atoms in total. The summed E-state index contributed by atoms with van der Waals surface area (Å²) in [6.07, 6.45) is 3.01. The number of halogens is 2. The zero-order chi connectivity index (χ0) is 19.6. The molecule has 1 spiro atoms. The molecule has 146 valence electrons. The predicted octanol–water partition coefficient (Wildman–Crippen LogP) is 2.59. The van der Waals surface area contributed by atoms with Gasteiger partial charge in [0.25, 0.3) is 0 Å². The SMILES string of the molecule is O=C(CN1CCC2(CC1)N=C(c1ccccn1)NO2)Nc1ccc(F)cc1Cl. The summed E-state index contributed by atoms with van der Waals surface area (Å²) < 4.78 is 13.1. The smallest absolute Gasteiger partial charge is 0.238 e. The van der Waals surface area contributed by atoms with Crippen molar-refractivity contribution in [3.63, 3.8) is 0 Å². The van der Waals surface area contributed by atoms with E-state index in [1.807, 2.05) is 23.1 Å². The van der Waals surface area contributed by atoms with Crippen molar-refractivity contribution < 1.29 is 14.0 Å². The van der Waals surface area contributed by atoms with E-state index in [0.717, 1.165) is 5.69 Å². The summed E-state index contributed by atoms with van der Waals surface area (Å²) in [5.41, 5.74) is 3.38. The number of rotatable bonds is 4. The average molecular weight is 404 g/mol. The molecule has 0 unspecified atom stereocenters. The van der Waals surface area contributed by atoms with E-state index in [1.165, 1.54) is 18.2 Å². The highest BCUT2D eigenvalue weighted by atomic mass is 35.5. The Morgan fingerprint density at radius 1 is 1.32 bits per heavy atom. The number of hydrogen-bond donors (Lipinski definition) is 2. The summed E-state index contributed by atoms with van der Waals surface area (Å²) in [4.78, 5) is 29.0. The minimum atomic E-state index is -0.625. The van der Waals surface area contributed by atoms with Gasteiger partial charge in [0.15, 0.2) is 11.6 Å². The first-order chi connectivity index (χ1) is 13.5. The van der Waals surface area contributed by atoms with E-state index in [0.29, 0.717) is 37.5 Å². The van der Waals surface area contributed by atoms with Crippen molar-refractivity contribution in [1.82, 2.24) is 15.4 Å². The Morgan fingerprint density at radius 3 is 2.86 bits per heavy atom. The predicted molar refractivity (Wildman–Crippen MR) is 103 cm³/mol. The Morgan fingerprint density at radius 2 is 2.14 bits per heavy atom. The average Bonchev–Trinajstić information content (AvgIpc) is 3.11. The maximum absolute atomic E-state index is 13.1. The highest BCUT2D eigenvalue weighted by Gasteiger charge is 2.40. The molecule has 1 aromatic carbocycles. The Balaban J connectivity index is 1.32. The molecule has 2 aliphatic rings. The first-order valence-corrected chi connectivity index (χ1v) is 9.33. The van der Waals surface area contributed by atoms with Crippen LogP contribution in [0.2, 0.25) is 5.02 Å². The largest absolute Gasteiger partial charge is 0.324 e. The number of pyridine rings is 1. The van der Waals surface area contributed by atoms with Crippen LogP contribution in [0.3, 0.4) is 0 Å². The van der Waals surface area contributed by atoms with Crippen molar-refractivity contribution in [2.24, 2.45) is 4.99 Å². The van der Waals surface area contributed by atoms with Gasteiger partial charge in [0.1, 0.15) is 11.5 Å². The van der Waals surface area contributed by atoms with Gasteiger partial charge in [-0.1, -0.05) is 17.7 Å². The minimum absolute atomic E-state index is 0.174. The molecule has 2 aliphatic heterocycles. The molecule has 0 aliphatic carbocycles. The monoisotopic (exact) mass is 403 g/mol. The summed E-state index contributed by atoms with van der Waals surface area (Å²) >= 11 is 5.95. The number of nitrogens with one attached hydrogen (secondary N) is 2. The summed E-state index contributed by atoms with van der Waals surface area (Å²) in [5.74, 6) is -0.0227. The number of carbonyl (C=O) groups excluding carboxylic acids is 1. The van der Waals surface area contributed by atoms with Crippen LogP contribution in [0.1, 0.15) is 18.5 Å². The number of amides is 1. The fourth-order valence-corrected chi connectivity index (χ4v) is 3.48. The fraction of sp³-hybridized carbons (Fsp3) is 0.316. The number of hydrogen-bond acceptors (Lipinski definition) is 6. The lowest BCUT2D eigenvalue weighted by atomic mass is 10.0. The minimum Gasteiger partial charge on any atom is -0.324 e. The van der Waals surface area contributed by atoms with Gasteiger partial charge in [0.2, 0.25) is 5.91 Å². The molecule has 3 heterocycles. The zero-order valence-electron chi connectivity index (χ0n) is 15.0. The summed E-state index contributed by atoms with van der Waals surface area (Å²) in [6.45, 7) is 1.53. The lowest BCUT2D eigenvalue weighted by molar-refractivity contribution is -0.120. The van der Waals surface area contributed by atoms with E-state index in [1.54, 1.807) is 6.20 Å². The molecule has 2 N–H and O–H groups in total. The van der Waals surface area contributed by atoms with E-state index in [4.69, 9.17) is 21.4 Å². The van der Waals surface area contributed by atoms with Crippen molar-refractivity contribution in [3.8, 4) is 0 Å². The lowest BCUT2D eigenvalue weighted by Gasteiger charge is -2.35. The van der Waals surface area contributed by atoms with Crippen molar-refractivity contribution in [3.05, 3.63) is 59.1 Å². The molecule has 0 atom stereocenters. The quantitative estimate of drug-likeness (QED) is 0.820. The fourth-order valence-electron chi connectivity index (χ4n) is 3.26. The van der Waals surface area contributed by atoms with E-state index in [-0.39, 0.29) is 17.5 Å². The van der Waals surface area contributed by atoms with E-state index >= 15 is 0 Å². The summed E-state index contributed by atoms with van der Waals surface area (Å²) in [7, 11) is 0. The topological polar surface area (TPSA) is 78.9 Å². The van der Waals surface area contributed by atoms with Crippen molar-refractivity contribution in [2.75, 3.05) is 25.0 Å². The molecule has 1 amide bonds. The number of carbonyl (C=O) groups is 1. The third-order valence-electron chi connectivity index (χ3n) is 4.77. The molecule has 1 fully saturated rings. The van der Waals surface area contributed by atoms with Gasteiger partial charge in [0.05, 0.1) is 17.3 Å². The molecule has 1 saturated heterocycles. The Kier molecular flexibility index (Phi) is 5.25. The first kappa shape index (κ1) is 18.8. The number of nitrogens with zero attached hydrogens (tertiary/aromatic N) is 3. The van der Waals surface area contributed by atoms with E-state index < -0.39 is 11.5 Å². The number of piperidine rings is 1. The van der Waals surface area contributed by atoms with Crippen LogP contribution in [0.5, 0.6) is 0 Å². The number of aliphatic imine (C=N–C) groups is 1. The lowest BCUT2D eigenvalue weighted by Crippen LogP contribution is -2.46. The first-order valence-electron chi connectivity index (χ1n) is 8.96. The van der Waals surface area contributed by atoms with Crippen LogP contribution in [0, 0.1) is 5.82 Å². The van der Waals surface area contributed by atoms with Crippen molar-refractivity contribution >= 4 is 29.0 Å². The Bertz CT molecular complexity index is 900. The van der Waals surface area contributed by atoms with E-state index in [9.17, 15) is 9.18 Å². The second-order valence-electron chi connectivity index (χ2n) is 6.77. The van der Waals surface area contributed by atoms with Crippen LogP contribution in [-0.4, -0.2) is 47.0 Å². The molecule has 9 heteroatoms. The molecule has 2 aromatic rings. The standard InChI is InChI=1S/C19H19ClFN5O2/c20-14-11-13(21)4-5-15(14)23-17(27)12-26-9-6-19(7-10-26)24-18(25-28-19)16-3-1-2-8-22-16/h1-5,8,11H,6-7,9-10,12H2,(H,23,27)(H,24,25). The molecule has 1 aromatic heterocycles. The molecule has 0 bridgehead atoms. The normalized spacial score (nSPS) is 18.6. The third kappa shape index (κ3) is 4.14. The van der Waals surface area contributed by atoms with Gasteiger partial charge in [-0.05, 0) is 30.3 Å². The third-order valence-corrected chi connectivity index (χ3v) is 5.08. The summed E-state index contributed by atoms with van der Waals surface area (Å²) in [6, 6.07) is 9.49. The number of aromatic nitrogens is 1. The highest BCUT2D eigenvalue weighted by molar-refractivity contribution is 6.33. The number of amidine groups is 1. The van der Waals surface area contributed by atoms with Crippen molar-refractivity contribution in [1.29, 1.82) is 0 Å². The molecule has 28 heavy (non-hydrogen) atoms. The Hall–Kier alpha value is -2.55. The Labute approximate surface area is 166 Å². The molecule has 0 saturated carbocycles. The number of likely N-dealkylation sites (tertiary alicyclic amines) is 1. The molecular formula is C19H19ClFN5O2. The van der Waals surface area contributed by atoms with Gasteiger partial charge in [-0.3, -0.25) is 14.7 Å². The summed E-state index contributed by atoms with van der Waals surface area (Å²) in [5, 5.41) is 2.89. The molecule has 4 rings (SSSR count). The molecule has 0 radical (unpaired) electrons. The van der Waals surface area contributed by atoms with Gasteiger partial charge in [-0.2, -0.15) is 0 Å². The second-order valence-corrected chi connectivity index (χ2v) is 7.18. The second kappa shape index (κ2) is 7.83. The number of anilines is 1. The van der Waals surface area contributed by atoms with Gasteiger partial charge >= 0.3 is 0 Å². The van der Waals surface area contributed by atoms with E-state index in [2.05, 4.69) is 15.8 Å². The van der Waals surface area contributed by atoms with Crippen LogP contribution in [0.4, 0.5) is 10.1 Å². The van der Waals surface area contributed by atoms with Gasteiger partial charge in [0, 0.05) is 32.1 Å². The highest BCUT2D eigenvalue weighted by Crippen LogP contribution is 2.31. The van der Waals surface area contributed by atoms with Crippen LogP contribution < -0.4 is 10.8 Å². The molecular weight excluding hydrogens is 385 g/mol. The number of hydroxylamine groups is 1. The van der Waals surface area contributed by atoms with Gasteiger partial charge < -0.3 is 5.32 Å². The van der Waals surface area contributed by atoms with Crippen LogP contribution >= 0.6 is 11.6 Å². The zero-order valence-corrected chi connectivity index (χ0v) is 15.7. The maximum Gasteiger partial charge on any atom is 0.238 e. The van der Waals surface area contributed by atoms with Crippen LogP contribution in [0.15, 0.2) is 47.6 Å². The van der Waals surface area contributed by atoms with Crippen LogP contribution in [-0.2, 0) is 9.63 Å². The maximum atomic E-state index is 13.1.